The molecule has 0 heterocycles. The first kappa shape index (κ1) is 35.0. The Balaban J connectivity index is 1.16. The molecule has 1 nitrogen and oxygen atoms in total. The quantitative estimate of drug-likeness (QED) is 0.141. The Labute approximate surface area is 338 Å². The second kappa shape index (κ2) is 15.9. The van der Waals surface area contributed by atoms with Crippen molar-refractivity contribution < 1.29 is 0 Å². The molecule has 56 heavy (non-hydrogen) atoms. The lowest BCUT2D eigenvalue weighted by atomic mass is 9.84. The minimum absolute atomic E-state index is 1.07. The molecule has 9 aromatic rings. The Morgan fingerprint density at radius 1 is 0.232 bits per heavy atom. The van der Waals surface area contributed by atoms with Crippen LogP contribution in [0.3, 0.4) is 0 Å². The van der Waals surface area contributed by atoms with E-state index in [9.17, 15) is 0 Å². The Kier molecular flexibility index (Phi) is 9.95. The molecule has 0 aromatic heterocycles. The molecule has 9 rings (SSSR count). The zero-order chi connectivity index (χ0) is 37.7. The predicted octanol–water partition coefficient (Wildman–Crippen LogP) is 15.9. The van der Waals surface area contributed by atoms with E-state index >= 15 is 0 Å². The SMILES string of the molecule is Brc1ccccc1-c1ccccc1-c1c(-c2ccccc2)cccc1-c1ccc(N(c2ccc(-c3ccccc3)cc2)c2ccc(-c3ccccc3)cc2)cc1. The number of hydrogen-bond acceptors (Lipinski definition) is 1. The molecule has 0 aliphatic heterocycles. The molecule has 266 valence electrons. The third kappa shape index (κ3) is 7.11. The second-order valence-electron chi connectivity index (χ2n) is 13.8. The lowest BCUT2D eigenvalue weighted by Gasteiger charge is -2.26. The normalized spacial score (nSPS) is 10.9. The number of halogens is 1. The van der Waals surface area contributed by atoms with Gasteiger partial charge in [-0.1, -0.05) is 204 Å². The van der Waals surface area contributed by atoms with Crippen LogP contribution in [-0.2, 0) is 0 Å². The molecule has 0 atom stereocenters. The van der Waals surface area contributed by atoms with Gasteiger partial charge in [-0.3, -0.25) is 0 Å². The first-order valence-electron chi connectivity index (χ1n) is 19.0. The molecule has 2 heteroatoms. The lowest BCUT2D eigenvalue weighted by molar-refractivity contribution is 1.28. The molecule has 0 spiro atoms. The van der Waals surface area contributed by atoms with Crippen LogP contribution in [-0.4, -0.2) is 0 Å². The second-order valence-corrected chi connectivity index (χ2v) is 14.7. The van der Waals surface area contributed by atoms with Crippen LogP contribution in [0.2, 0.25) is 0 Å². The molecule has 0 aliphatic rings. The molecule has 0 radical (unpaired) electrons. The highest BCUT2D eigenvalue weighted by Crippen LogP contribution is 2.46. The number of nitrogens with zero attached hydrogens (tertiary/aromatic N) is 1. The number of hydrogen-bond donors (Lipinski definition) is 0. The maximum atomic E-state index is 3.85. The summed E-state index contributed by atoms with van der Waals surface area (Å²) in [5, 5.41) is 0. The minimum Gasteiger partial charge on any atom is -0.311 e. The van der Waals surface area contributed by atoms with Crippen molar-refractivity contribution in [2.45, 2.75) is 0 Å². The van der Waals surface area contributed by atoms with Gasteiger partial charge in [-0.25, -0.2) is 0 Å². The van der Waals surface area contributed by atoms with E-state index in [1.54, 1.807) is 0 Å². The van der Waals surface area contributed by atoms with Gasteiger partial charge < -0.3 is 4.90 Å². The zero-order valence-corrected chi connectivity index (χ0v) is 32.4. The predicted molar refractivity (Wildman–Crippen MR) is 241 cm³/mol. The van der Waals surface area contributed by atoms with Gasteiger partial charge in [0.1, 0.15) is 0 Å². The van der Waals surface area contributed by atoms with Crippen molar-refractivity contribution in [1.82, 2.24) is 0 Å². The van der Waals surface area contributed by atoms with Crippen LogP contribution in [0.15, 0.2) is 235 Å². The fraction of sp³-hybridized carbons (Fsp3) is 0. The zero-order valence-electron chi connectivity index (χ0n) is 30.8. The number of benzene rings is 9. The maximum absolute atomic E-state index is 3.85. The fourth-order valence-corrected chi connectivity index (χ4v) is 8.16. The monoisotopic (exact) mass is 779 g/mol. The van der Waals surface area contributed by atoms with Crippen molar-refractivity contribution >= 4 is 33.0 Å². The molecule has 0 fully saturated rings. The summed E-state index contributed by atoms with van der Waals surface area (Å²) >= 11 is 3.85. The summed E-state index contributed by atoms with van der Waals surface area (Å²) in [6.45, 7) is 0. The van der Waals surface area contributed by atoms with Crippen LogP contribution in [0, 0.1) is 0 Å². The molecule has 0 saturated heterocycles. The van der Waals surface area contributed by atoms with Gasteiger partial charge in [0.15, 0.2) is 0 Å². The van der Waals surface area contributed by atoms with E-state index in [2.05, 4.69) is 251 Å². The summed E-state index contributed by atoms with van der Waals surface area (Å²) in [5.41, 5.74) is 17.6. The first-order valence-corrected chi connectivity index (χ1v) is 19.7. The van der Waals surface area contributed by atoms with Gasteiger partial charge >= 0.3 is 0 Å². The van der Waals surface area contributed by atoms with Crippen LogP contribution in [0.1, 0.15) is 0 Å². The summed E-state index contributed by atoms with van der Waals surface area (Å²) < 4.78 is 1.07. The molecular weight excluding hydrogens is 743 g/mol. The Morgan fingerprint density at radius 3 is 1.02 bits per heavy atom. The van der Waals surface area contributed by atoms with Crippen LogP contribution in [0.5, 0.6) is 0 Å². The minimum atomic E-state index is 1.07. The van der Waals surface area contributed by atoms with E-state index in [-0.39, 0.29) is 0 Å². The lowest BCUT2D eigenvalue weighted by Crippen LogP contribution is -2.09. The molecule has 9 aromatic carbocycles. The molecule has 0 unspecified atom stereocenters. The van der Waals surface area contributed by atoms with Gasteiger partial charge in [-0.15, -0.1) is 0 Å². The third-order valence-electron chi connectivity index (χ3n) is 10.4. The van der Waals surface area contributed by atoms with Crippen LogP contribution in [0.25, 0.3) is 66.8 Å². The van der Waals surface area contributed by atoms with E-state index in [0.29, 0.717) is 0 Å². The van der Waals surface area contributed by atoms with E-state index in [1.165, 1.54) is 61.2 Å². The highest BCUT2D eigenvalue weighted by molar-refractivity contribution is 9.10. The van der Waals surface area contributed by atoms with Crippen LogP contribution < -0.4 is 4.90 Å². The van der Waals surface area contributed by atoms with Crippen LogP contribution in [0.4, 0.5) is 17.1 Å². The van der Waals surface area contributed by atoms with Gasteiger partial charge in [0.2, 0.25) is 0 Å². The van der Waals surface area contributed by atoms with Crippen molar-refractivity contribution in [3.8, 4) is 66.8 Å². The molecule has 0 aliphatic carbocycles. The first-order chi connectivity index (χ1) is 27.7. The maximum Gasteiger partial charge on any atom is 0.0462 e. The largest absolute Gasteiger partial charge is 0.311 e. The fourth-order valence-electron chi connectivity index (χ4n) is 7.66. The van der Waals surface area contributed by atoms with E-state index < -0.39 is 0 Å². The summed E-state index contributed by atoms with van der Waals surface area (Å²) in [4.78, 5) is 2.34. The molecule has 0 N–H and O–H groups in total. The Bertz CT molecular complexity index is 2620. The van der Waals surface area contributed by atoms with Gasteiger partial charge in [-0.2, -0.15) is 0 Å². The number of rotatable bonds is 9. The van der Waals surface area contributed by atoms with Crippen molar-refractivity contribution in [3.63, 3.8) is 0 Å². The Morgan fingerprint density at radius 2 is 0.554 bits per heavy atom. The van der Waals surface area contributed by atoms with Gasteiger partial charge in [0, 0.05) is 21.5 Å². The van der Waals surface area contributed by atoms with Crippen molar-refractivity contribution in [2.75, 3.05) is 4.90 Å². The van der Waals surface area contributed by atoms with Crippen molar-refractivity contribution in [2.24, 2.45) is 0 Å². The van der Waals surface area contributed by atoms with E-state index in [1.807, 2.05) is 0 Å². The molecular formula is C54H38BrN. The van der Waals surface area contributed by atoms with Gasteiger partial charge in [0.25, 0.3) is 0 Å². The van der Waals surface area contributed by atoms with Crippen LogP contribution >= 0.6 is 15.9 Å². The summed E-state index contributed by atoms with van der Waals surface area (Å²) in [5.74, 6) is 0. The highest BCUT2D eigenvalue weighted by atomic mass is 79.9. The summed E-state index contributed by atoms with van der Waals surface area (Å²) in [6.07, 6.45) is 0. The molecule has 0 saturated carbocycles. The smallest absolute Gasteiger partial charge is 0.0462 e. The average Bonchev–Trinajstić information content (AvgIpc) is 3.28. The Hall–Kier alpha value is -6.74. The summed E-state index contributed by atoms with van der Waals surface area (Å²) in [7, 11) is 0. The van der Waals surface area contributed by atoms with Crippen molar-refractivity contribution in [1.29, 1.82) is 0 Å². The van der Waals surface area contributed by atoms with Gasteiger partial charge in [0.05, 0.1) is 0 Å². The standard InChI is InChI=1S/C54H38BrN/c55-53-26-13-12-22-51(53)50-21-10-11-23-52(50)54-48(43-19-8-3-9-20-43)24-14-25-49(54)44-31-37-47(38-32-44)56(45-33-27-41(28-34-45)39-15-4-1-5-16-39)46-35-29-42(30-36-46)40-17-6-2-7-18-40/h1-38H. The van der Waals surface area contributed by atoms with Gasteiger partial charge in [-0.05, 0) is 109 Å². The van der Waals surface area contributed by atoms with E-state index in [0.717, 1.165) is 27.1 Å². The average molecular weight is 781 g/mol. The topological polar surface area (TPSA) is 3.24 Å². The number of anilines is 3. The van der Waals surface area contributed by atoms with E-state index in [4.69, 9.17) is 0 Å². The molecule has 0 amide bonds. The third-order valence-corrected chi connectivity index (χ3v) is 11.1. The highest BCUT2D eigenvalue weighted by Gasteiger charge is 2.20. The molecule has 0 bridgehead atoms. The van der Waals surface area contributed by atoms with Crippen molar-refractivity contribution in [3.05, 3.63) is 235 Å². The summed E-state index contributed by atoms with van der Waals surface area (Å²) in [6, 6.07) is 82.6.